The first-order valence-corrected chi connectivity index (χ1v) is 7.95. The van der Waals surface area contributed by atoms with E-state index in [0.717, 1.165) is 12.1 Å². The smallest absolute Gasteiger partial charge is 0.410 e. The van der Waals surface area contributed by atoms with Gasteiger partial charge in [-0.2, -0.15) is 0 Å². The molecule has 138 valence electrons. The Labute approximate surface area is 144 Å². The number of amides is 2. The standard InChI is InChI=1S/C17H21F3N2O3/c1-9-10(7-8-22(9)16(24)25-17(2,3)4)15(23)21-12-6-5-11(18)13(19)14(12)20/h5-6,9-10H,7-8H2,1-4H3,(H,21,23)/t9-,10-/m0/s1. The van der Waals surface area contributed by atoms with Gasteiger partial charge in [-0.15, -0.1) is 0 Å². The Morgan fingerprint density at radius 3 is 2.44 bits per heavy atom. The first kappa shape index (κ1) is 19.1. The van der Waals surface area contributed by atoms with Gasteiger partial charge in [-0.1, -0.05) is 0 Å². The average Bonchev–Trinajstić information content (AvgIpc) is 2.88. The van der Waals surface area contributed by atoms with E-state index >= 15 is 0 Å². The molecule has 1 fully saturated rings. The lowest BCUT2D eigenvalue weighted by Crippen LogP contribution is -2.41. The van der Waals surface area contributed by atoms with Crippen molar-refractivity contribution in [1.29, 1.82) is 0 Å². The number of likely N-dealkylation sites (tertiary alicyclic amines) is 1. The van der Waals surface area contributed by atoms with Crippen LogP contribution < -0.4 is 5.32 Å². The van der Waals surface area contributed by atoms with Crippen LogP contribution in [0.2, 0.25) is 0 Å². The van der Waals surface area contributed by atoms with Gasteiger partial charge in [-0.25, -0.2) is 18.0 Å². The van der Waals surface area contributed by atoms with Gasteiger partial charge in [-0.3, -0.25) is 4.79 Å². The molecule has 8 heteroatoms. The van der Waals surface area contributed by atoms with Crippen molar-refractivity contribution in [3.8, 4) is 0 Å². The predicted octanol–water partition coefficient (Wildman–Crippen LogP) is 3.69. The fraction of sp³-hybridized carbons (Fsp3) is 0.529. The number of rotatable bonds is 2. The van der Waals surface area contributed by atoms with Gasteiger partial charge in [0.1, 0.15) is 5.60 Å². The van der Waals surface area contributed by atoms with Crippen LogP contribution in [-0.2, 0) is 9.53 Å². The summed E-state index contributed by atoms with van der Waals surface area (Å²) in [5, 5.41) is 2.26. The summed E-state index contributed by atoms with van der Waals surface area (Å²) >= 11 is 0. The van der Waals surface area contributed by atoms with Gasteiger partial charge in [-0.05, 0) is 46.2 Å². The van der Waals surface area contributed by atoms with Crippen molar-refractivity contribution in [3.05, 3.63) is 29.6 Å². The van der Waals surface area contributed by atoms with Crippen molar-refractivity contribution in [2.45, 2.75) is 45.8 Å². The molecule has 0 aliphatic carbocycles. The summed E-state index contributed by atoms with van der Waals surface area (Å²) in [5.41, 5.74) is -1.10. The van der Waals surface area contributed by atoms with Crippen LogP contribution in [-0.4, -0.2) is 35.1 Å². The zero-order valence-electron chi connectivity index (χ0n) is 14.5. The van der Waals surface area contributed by atoms with Crippen LogP contribution in [0.15, 0.2) is 12.1 Å². The molecule has 0 unspecified atom stereocenters. The minimum atomic E-state index is -1.65. The van der Waals surface area contributed by atoms with Gasteiger partial charge in [0.25, 0.3) is 0 Å². The Morgan fingerprint density at radius 1 is 1.20 bits per heavy atom. The molecule has 1 aliphatic heterocycles. The first-order chi connectivity index (χ1) is 11.5. The average molecular weight is 358 g/mol. The van der Waals surface area contributed by atoms with E-state index in [9.17, 15) is 22.8 Å². The molecule has 5 nitrogen and oxygen atoms in total. The minimum absolute atomic E-state index is 0.314. The Bertz CT molecular complexity index is 688. The molecule has 1 aromatic carbocycles. The number of carbonyl (C=O) groups is 2. The van der Waals surface area contributed by atoms with Crippen LogP contribution >= 0.6 is 0 Å². The Kier molecular flexibility index (Phi) is 5.29. The summed E-state index contributed by atoms with van der Waals surface area (Å²) in [6.07, 6.45) is -0.174. The quantitative estimate of drug-likeness (QED) is 0.821. The maximum atomic E-state index is 13.7. The Balaban J connectivity index is 2.06. The number of anilines is 1. The predicted molar refractivity (Wildman–Crippen MR) is 85.5 cm³/mol. The fourth-order valence-electron chi connectivity index (χ4n) is 2.72. The summed E-state index contributed by atoms with van der Waals surface area (Å²) in [6, 6.07) is 1.22. The second-order valence-electron chi connectivity index (χ2n) is 7.02. The molecule has 2 amide bonds. The van der Waals surface area contributed by atoms with E-state index in [1.165, 1.54) is 4.90 Å². The number of benzene rings is 1. The molecular weight excluding hydrogens is 337 g/mol. The van der Waals surface area contributed by atoms with Crippen molar-refractivity contribution >= 4 is 17.7 Å². The van der Waals surface area contributed by atoms with E-state index in [0.29, 0.717) is 13.0 Å². The van der Waals surface area contributed by atoms with E-state index in [1.54, 1.807) is 27.7 Å². The van der Waals surface area contributed by atoms with Crippen LogP contribution in [0.3, 0.4) is 0 Å². The largest absolute Gasteiger partial charge is 0.444 e. The number of nitrogens with one attached hydrogen (secondary N) is 1. The Morgan fingerprint density at radius 2 is 1.84 bits per heavy atom. The zero-order chi connectivity index (χ0) is 18.9. The third-order valence-corrected chi connectivity index (χ3v) is 4.01. The minimum Gasteiger partial charge on any atom is -0.444 e. The van der Waals surface area contributed by atoms with Gasteiger partial charge in [0.2, 0.25) is 5.91 Å². The van der Waals surface area contributed by atoms with Gasteiger partial charge < -0.3 is 15.0 Å². The third kappa shape index (κ3) is 4.24. The van der Waals surface area contributed by atoms with E-state index in [-0.39, 0.29) is 0 Å². The van der Waals surface area contributed by atoms with Crippen LogP contribution in [0, 0.1) is 23.4 Å². The Hall–Kier alpha value is -2.25. The maximum absolute atomic E-state index is 13.7. The summed E-state index contributed by atoms with van der Waals surface area (Å²) < 4.78 is 45.2. The topological polar surface area (TPSA) is 58.6 Å². The number of hydrogen-bond acceptors (Lipinski definition) is 3. The van der Waals surface area contributed by atoms with Gasteiger partial charge in [0.05, 0.1) is 11.6 Å². The molecule has 1 aliphatic rings. The first-order valence-electron chi connectivity index (χ1n) is 7.95. The monoisotopic (exact) mass is 358 g/mol. The molecule has 0 saturated carbocycles. The van der Waals surface area contributed by atoms with Crippen LogP contribution in [0.4, 0.5) is 23.7 Å². The van der Waals surface area contributed by atoms with E-state index in [2.05, 4.69) is 5.32 Å². The third-order valence-electron chi connectivity index (χ3n) is 4.01. The van der Waals surface area contributed by atoms with Crippen LogP contribution in [0.5, 0.6) is 0 Å². The molecule has 0 radical (unpaired) electrons. The van der Waals surface area contributed by atoms with Crippen LogP contribution in [0.1, 0.15) is 34.1 Å². The molecule has 2 rings (SSSR count). The van der Waals surface area contributed by atoms with Crippen molar-refractivity contribution in [2.75, 3.05) is 11.9 Å². The summed E-state index contributed by atoms with van der Waals surface area (Å²) in [4.78, 5) is 25.9. The molecule has 0 spiro atoms. The molecule has 0 bridgehead atoms. The van der Waals surface area contributed by atoms with Crippen molar-refractivity contribution in [2.24, 2.45) is 5.92 Å². The number of hydrogen-bond donors (Lipinski definition) is 1. The maximum Gasteiger partial charge on any atom is 0.410 e. The molecule has 1 saturated heterocycles. The SMILES string of the molecule is C[C@H]1[C@@H](C(=O)Nc2ccc(F)c(F)c2F)CCN1C(=O)OC(C)(C)C. The number of nitrogens with zero attached hydrogens (tertiary/aromatic N) is 1. The molecule has 25 heavy (non-hydrogen) atoms. The van der Waals surface area contributed by atoms with Crippen LogP contribution in [0.25, 0.3) is 0 Å². The van der Waals surface area contributed by atoms with E-state index < -0.39 is 52.7 Å². The van der Waals surface area contributed by atoms with E-state index in [1.807, 2.05) is 0 Å². The number of carbonyl (C=O) groups excluding carboxylic acids is 2. The molecule has 1 N–H and O–H groups in total. The van der Waals surface area contributed by atoms with Crippen molar-refractivity contribution in [3.63, 3.8) is 0 Å². The molecule has 2 atom stereocenters. The van der Waals surface area contributed by atoms with E-state index in [4.69, 9.17) is 4.74 Å². The molecule has 0 aromatic heterocycles. The lowest BCUT2D eigenvalue weighted by molar-refractivity contribution is -0.120. The van der Waals surface area contributed by atoms with Gasteiger partial charge in [0, 0.05) is 12.6 Å². The van der Waals surface area contributed by atoms with Gasteiger partial charge in [0.15, 0.2) is 17.5 Å². The number of ether oxygens (including phenoxy) is 1. The van der Waals surface area contributed by atoms with Crippen molar-refractivity contribution < 1.29 is 27.5 Å². The summed E-state index contributed by atoms with van der Waals surface area (Å²) in [6.45, 7) is 7.21. The summed E-state index contributed by atoms with van der Waals surface area (Å²) in [7, 11) is 0. The highest BCUT2D eigenvalue weighted by atomic mass is 19.2. The second-order valence-corrected chi connectivity index (χ2v) is 7.02. The zero-order valence-corrected chi connectivity index (χ0v) is 14.5. The lowest BCUT2D eigenvalue weighted by atomic mass is 10.0. The molecule has 1 heterocycles. The highest BCUT2D eigenvalue weighted by Crippen LogP contribution is 2.28. The fourth-order valence-corrected chi connectivity index (χ4v) is 2.72. The lowest BCUT2D eigenvalue weighted by Gasteiger charge is -2.28. The normalized spacial score (nSPS) is 20.5. The molecular formula is C17H21F3N2O3. The second kappa shape index (κ2) is 6.93. The van der Waals surface area contributed by atoms with Crippen molar-refractivity contribution in [1.82, 2.24) is 4.90 Å². The highest BCUT2D eigenvalue weighted by Gasteiger charge is 2.40. The summed E-state index contributed by atoms with van der Waals surface area (Å²) in [5.74, 6) is -5.61. The highest BCUT2D eigenvalue weighted by molar-refractivity contribution is 5.93. The molecule has 1 aromatic rings. The number of halogens is 3. The van der Waals surface area contributed by atoms with Gasteiger partial charge >= 0.3 is 6.09 Å².